The fraction of sp³-hybridized carbons (Fsp3) is 0.471. The van der Waals surface area contributed by atoms with Gasteiger partial charge in [0.05, 0.1) is 4.99 Å². The van der Waals surface area contributed by atoms with Crippen molar-refractivity contribution in [2.75, 3.05) is 5.32 Å². The van der Waals surface area contributed by atoms with Crippen molar-refractivity contribution in [3.63, 3.8) is 0 Å². The van der Waals surface area contributed by atoms with E-state index >= 15 is 0 Å². The maximum Gasteiger partial charge on any atom is 0.180 e. The fourth-order valence-corrected chi connectivity index (χ4v) is 1.87. The lowest BCUT2D eigenvalue weighted by molar-refractivity contribution is 0.0410. The standard InChI is InChI=1S/C17H26N2OS/c1-7-16(21)19-15-10-14(9-8-12(15)2)11-18-13(3)20-17(4,5)6/h8-10,18H,3,7,11H2,1-2,4-6H3,(H,19,21). The van der Waals surface area contributed by atoms with E-state index in [0.29, 0.717) is 12.4 Å². The zero-order valence-electron chi connectivity index (χ0n) is 13.7. The molecule has 0 aromatic heterocycles. The van der Waals surface area contributed by atoms with E-state index in [0.717, 1.165) is 22.7 Å². The Bertz CT molecular complexity index is 518. The summed E-state index contributed by atoms with van der Waals surface area (Å²) in [6.07, 6.45) is 0.841. The molecule has 0 atom stereocenters. The smallest absolute Gasteiger partial charge is 0.180 e. The first-order valence-electron chi connectivity index (χ1n) is 7.22. The van der Waals surface area contributed by atoms with Gasteiger partial charge in [-0.1, -0.05) is 31.3 Å². The highest BCUT2D eigenvalue weighted by Gasteiger charge is 2.12. The molecule has 0 aliphatic rings. The monoisotopic (exact) mass is 306 g/mol. The van der Waals surface area contributed by atoms with Gasteiger partial charge in [0.15, 0.2) is 5.88 Å². The van der Waals surface area contributed by atoms with Crippen molar-refractivity contribution >= 4 is 22.9 Å². The summed E-state index contributed by atoms with van der Waals surface area (Å²) in [7, 11) is 0. The summed E-state index contributed by atoms with van der Waals surface area (Å²) in [6, 6.07) is 6.28. The van der Waals surface area contributed by atoms with E-state index in [2.05, 4.69) is 42.3 Å². The molecule has 1 aromatic rings. The van der Waals surface area contributed by atoms with Crippen LogP contribution in [-0.2, 0) is 11.3 Å². The first-order chi connectivity index (χ1) is 9.71. The van der Waals surface area contributed by atoms with Crippen LogP contribution in [0.4, 0.5) is 5.69 Å². The van der Waals surface area contributed by atoms with Crippen molar-refractivity contribution < 1.29 is 4.74 Å². The summed E-state index contributed by atoms with van der Waals surface area (Å²) in [4.78, 5) is 0.851. The molecule has 0 saturated heterocycles. The molecule has 21 heavy (non-hydrogen) atoms. The quantitative estimate of drug-likeness (QED) is 0.598. The molecule has 0 radical (unpaired) electrons. The molecule has 116 valence electrons. The molecule has 0 saturated carbocycles. The molecule has 0 aliphatic carbocycles. The second-order valence-corrected chi connectivity index (χ2v) is 6.53. The Morgan fingerprint density at radius 1 is 1.33 bits per heavy atom. The van der Waals surface area contributed by atoms with Crippen molar-refractivity contribution in [3.05, 3.63) is 41.8 Å². The summed E-state index contributed by atoms with van der Waals surface area (Å²) in [6.45, 7) is 14.7. The molecule has 0 spiro atoms. The van der Waals surface area contributed by atoms with Gasteiger partial charge in [-0.05, 0) is 57.9 Å². The van der Waals surface area contributed by atoms with E-state index in [1.807, 2.05) is 27.7 Å². The van der Waals surface area contributed by atoms with Crippen LogP contribution in [0.5, 0.6) is 0 Å². The van der Waals surface area contributed by atoms with Crippen LogP contribution in [0.1, 0.15) is 45.2 Å². The molecule has 0 amide bonds. The van der Waals surface area contributed by atoms with E-state index in [4.69, 9.17) is 17.0 Å². The number of aryl methyl sites for hydroxylation is 1. The number of rotatable bonds is 6. The van der Waals surface area contributed by atoms with Crippen LogP contribution in [0, 0.1) is 6.92 Å². The first-order valence-corrected chi connectivity index (χ1v) is 7.63. The molecule has 1 rings (SSSR count). The van der Waals surface area contributed by atoms with Crippen molar-refractivity contribution in [1.29, 1.82) is 0 Å². The lowest BCUT2D eigenvalue weighted by Crippen LogP contribution is -2.25. The molecule has 3 nitrogen and oxygen atoms in total. The van der Waals surface area contributed by atoms with Crippen LogP contribution < -0.4 is 10.6 Å². The van der Waals surface area contributed by atoms with E-state index < -0.39 is 0 Å². The average Bonchev–Trinajstić information content (AvgIpc) is 2.37. The van der Waals surface area contributed by atoms with Crippen LogP contribution >= 0.6 is 12.2 Å². The lowest BCUT2D eigenvalue weighted by atomic mass is 10.1. The van der Waals surface area contributed by atoms with Gasteiger partial charge in [0, 0.05) is 12.2 Å². The summed E-state index contributed by atoms with van der Waals surface area (Å²) in [5, 5.41) is 6.47. The summed E-state index contributed by atoms with van der Waals surface area (Å²) in [5.41, 5.74) is 3.15. The van der Waals surface area contributed by atoms with Gasteiger partial charge in [-0.3, -0.25) is 0 Å². The molecular formula is C17H26N2OS. The number of ether oxygens (including phenoxy) is 1. The molecular weight excluding hydrogens is 280 g/mol. The van der Waals surface area contributed by atoms with Crippen LogP contribution in [0.15, 0.2) is 30.7 Å². The van der Waals surface area contributed by atoms with Crippen LogP contribution in [0.25, 0.3) is 0 Å². The SMILES string of the molecule is C=C(NCc1ccc(C)c(NC(=S)CC)c1)OC(C)(C)C. The second kappa shape index (κ2) is 7.46. The molecule has 0 bridgehead atoms. The Labute approximate surface area is 133 Å². The van der Waals surface area contributed by atoms with Crippen molar-refractivity contribution in [1.82, 2.24) is 5.32 Å². The van der Waals surface area contributed by atoms with Crippen LogP contribution in [0.2, 0.25) is 0 Å². The molecule has 4 heteroatoms. The fourth-order valence-electron chi connectivity index (χ4n) is 1.76. The highest BCUT2D eigenvalue weighted by atomic mass is 32.1. The molecule has 0 aliphatic heterocycles. The highest BCUT2D eigenvalue weighted by Crippen LogP contribution is 2.18. The van der Waals surface area contributed by atoms with E-state index in [-0.39, 0.29) is 5.60 Å². The van der Waals surface area contributed by atoms with Gasteiger partial charge in [-0.25, -0.2) is 0 Å². The molecule has 0 unspecified atom stereocenters. The van der Waals surface area contributed by atoms with Gasteiger partial charge in [0.1, 0.15) is 5.60 Å². The minimum Gasteiger partial charge on any atom is -0.474 e. The zero-order chi connectivity index (χ0) is 16.0. The largest absolute Gasteiger partial charge is 0.474 e. The van der Waals surface area contributed by atoms with Crippen LogP contribution in [-0.4, -0.2) is 10.6 Å². The maximum atomic E-state index is 5.65. The molecule has 0 fully saturated rings. The number of thiocarbonyl (C=S) groups is 1. The van der Waals surface area contributed by atoms with Crippen LogP contribution in [0.3, 0.4) is 0 Å². The third kappa shape index (κ3) is 6.63. The zero-order valence-corrected chi connectivity index (χ0v) is 14.5. The first kappa shape index (κ1) is 17.5. The Hall–Kier alpha value is -1.55. The van der Waals surface area contributed by atoms with E-state index in [1.54, 1.807) is 0 Å². The normalized spacial score (nSPS) is 10.9. The van der Waals surface area contributed by atoms with Crippen molar-refractivity contribution in [2.45, 2.75) is 53.2 Å². The van der Waals surface area contributed by atoms with Gasteiger partial charge >= 0.3 is 0 Å². The Morgan fingerprint density at radius 2 is 2.00 bits per heavy atom. The van der Waals surface area contributed by atoms with E-state index in [1.165, 1.54) is 5.56 Å². The minimum absolute atomic E-state index is 0.239. The Morgan fingerprint density at radius 3 is 2.57 bits per heavy atom. The third-order valence-corrected chi connectivity index (χ3v) is 3.21. The van der Waals surface area contributed by atoms with E-state index in [9.17, 15) is 0 Å². The number of hydrogen-bond donors (Lipinski definition) is 2. The summed E-state index contributed by atoms with van der Waals surface area (Å²) < 4.78 is 5.65. The number of anilines is 1. The lowest BCUT2D eigenvalue weighted by Gasteiger charge is -2.23. The summed E-state index contributed by atoms with van der Waals surface area (Å²) >= 11 is 5.25. The van der Waals surface area contributed by atoms with Gasteiger partial charge in [-0.15, -0.1) is 0 Å². The summed E-state index contributed by atoms with van der Waals surface area (Å²) in [5.74, 6) is 0.585. The Balaban J connectivity index is 2.66. The topological polar surface area (TPSA) is 33.3 Å². The van der Waals surface area contributed by atoms with Crippen molar-refractivity contribution in [2.24, 2.45) is 0 Å². The predicted octanol–water partition coefficient (Wildman–Crippen LogP) is 4.52. The maximum absolute atomic E-state index is 5.65. The van der Waals surface area contributed by atoms with Gasteiger partial charge in [0.2, 0.25) is 0 Å². The van der Waals surface area contributed by atoms with Gasteiger partial charge < -0.3 is 15.4 Å². The number of benzene rings is 1. The Kier molecular flexibility index (Phi) is 6.21. The average molecular weight is 306 g/mol. The number of nitrogens with one attached hydrogen (secondary N) is 2. The second-order valence-electron chi connectivity index (χ2n) is 6.04. The highest BCUT2D eigenvalue weighted by molar-refractivity contribution is 7.80. The van der Waals surface area contributed by atoms with Crippen molar-refractivity contribution in [3.8, 4) is 0 Å². The molecule has 1 aromatic carbocycles. The third-order valence-electron chi connectivity index (χ3n) is 2.82. The minimum atomic E-state index is -0.239. The number of hydrogen-bond acceptors (Lipinski definition) is 3. The molecule has 2 N–H and O–H groups in total. The van der Waals surface area contributed by atoms with Gasteiger partial charge in [-0.2, -0.15) is 0 Å². The predicted molar refractivity (Wildman–Crippen MR) is 94.5 cm³/mol. The molecule has 0 heterocycles. The van der Waals surface area contributed by atoms with Gasteiger partial charge in [0.25, 0.3) is 0 Å².